The zero-order valence-corrected chi connectivity index (χ0v) is 12.5. The highest BCUT2D eigenvalue weighted by atomic mass is 32.2. The minimum absolute atomic E-state index is 0.0990. The van der Waals surface area contributed by atoms with E-state index in [0.29, 0.717) is 17.6 Å². The van der Waals surface area contributed by atoms with Gasteiger partial charge in [0.05, 0.1) is 6.42 Å². The number of hydrogen-bond donors (Lipinski definition) is 1. The zero-order chi connectivity index (χ0) is 15.6. The van der Waals surface area contributed by atoms with Gasteiger partial charge in [0.15, 0.2) is 0 Å². The Kier molecular flexibility index (Phi) is 4.84. The maximum atomic E-state index is 13.7. The molecule has 1 heterocycles. The van der Waals surface area contributed by atoms with E-state index >= 15 is 0 Å². The van der Waals surface area contributed by atoms with E-state index in [1.54, 1.807) is 0 Å². The van der Waals surface area contributed by atoms with Gasteiger partial charge >= 0.3 is 5.97 Å². The van der Waals surface area contributed by atoms with Crippen LogP contribution in [-0.2, 0) is 14.8 Å². The van der Waals surface area contributed by atoms with Crippen LogP contribution in [0.25, 0.3) is 0 Å². The quantitative estimate of drug-likeness (QED) is 0.902. The number of benzene rings is 1. The third kappa shape index (κ3) is 3.53. The van der Waals surface area contributed by atoms with Crippen LogP contribution < -0.4 is 0 Å². The fourth-order valence-electron chi connectivity index (χ4n) is 2.13. The molecule has 0 aromatic heterocycles. The van der Waals surface area contributed by atoms with Crippen LogP contribution in [-0.4, -0.2) is 47.9 Å². The van der Waals surface area contributed by atoms with Crippen LogP contribution in [0.3, 0.4) is 0 Å². The second-order valence-electron chi connectivity index (χ2n) is 4.52. The second-order valence-corrected chi connectivity index (χ2v) is 7.53. The molecule has 1 N–H and O–H groups in total. The van der Waals surface area contributed by atoms with Crippen molar-refractivity contribution in [1.29, 1.82) is 0 Å². The average molecular weight is 337 g/mol. The molecule has 116 valence electrons. The van der Waals surface area contributed by atoms with Crippen molar-refractivity contribution in [3.63, 3.8) is 0 Å². The Morgan fingerprint density at radius 2 is 2.14 bits per heavy atom. The van der Waals surface area contributed by atoms with Crippen LogP contribution >= 0.6 is 11.8 Å². The lowest BCUT2D eigenvalue weighted by Crippen LogP contribution is -2.47. The first kappa shape index (κ1) is 16.2. The molecular formula is C12H13F2NO4S2. The number of thioether (sulfide) groups is 1. The number of nitrogens with zero attached hydrogens (tertiary/aromatic N) is 1. The molecule has 0 aliphatic carbocycles. The molecule has 1 aliphatic heterocycles. The van der Waals surface area contributed by atoms with E-state index in [9.17, 15) is 22.0 Å². The monoisotopic (exact) mass is 337 g/mol. The summed E-state index contributed by atoms with van der Waals surface area (Å²) in [6.07, 6.45) is -0.352. The van der Waals surface area contributed by atoms with Crippen molar-refractivity contribution in [2.45, 2.75) is 17.4 Å². The van der Waals surface area contributed by atoms with Crippen molar-refractivity contribution in [1.82, 2.24) is 4.31 Å². The summed E-state index contributed by atoms with van der Waals surface area (Å²) in [5.41, 5.74) is 0. The molecular weight excluding hydrogens is 324 g/mol. The summed E-state index contributed by atoms with van der Waals surface area (Å²) in [5, 5.41) is 8.86. The van der Waals surface area contributed by atoms with Gasteiger partial charge in [-0.3, -0.25) is 4.79 Å². The third-order valence-electron chi connectivity index (χ3n) is 3.06. The van der Waals surface area contributed by atoms with Crippen LogP contribution in [0.5, 0.6) is 0 Å². The predicted molar refractivity (Wildman–Crippen MR) is 73.6 cm³/mol. The van der Waals surface area contributed by atoms with Crippen molar-refractivity contribution in [3.05, 3.63) is 29.8 Å². The summed E-state index contributed by atoms with van der Waals surface area (Å²) in [6, 6.07) is 1.48. The van der Waals surface area contributed by atoms with Gasteiger partial charge in [0.1, 0.15) is 16.5 Å². The summed E-state index contributed by atoms with van der Waals surface area (Å²) >= 11 is 1.44. The Labute approximate surface area is 125 Å². The Morgan fingerprint density at radius 3 is 2.76 bits per heavy atom. The predicted octanol–water partition coefficient (Wildman–Crippen LogP) is 1.55. The van der Waals surface area contributed by atoms with Gasteiger partial charge in [-0.15, -0.1) is 0 Å². The smallest absolute Gasteiger partial charge is 0.305 e. The van der Waals surface area contributed by atoms with Crippen LogP contribution in [0.1, 0.15) is 6.42 Å². The lowest BCUT2D eigenvalue weighted by atomic mass is 10.2. The van der Waals surface area contributed by atoms with Crippen LogP contribution in [0.4, 0.5) is 8.78 Å². The van der Waals surface area contributed by atoms with Crippen LogP contribution in [0.15, 0.2) is 23.1 Å². The molecule has 1 aromatic rings. The number of sulfonamides is 1. The Bertz CT molecular complexity index is 651. The summed E-state index contributed by atoms with van der Waals surface area (Å²) in [4.78, 5) is 10.2. The highest BCUT2D eigenvalue weighted by Crippen LogP contribution is 2.27. The number of carboxylic acid groups (broad SMARTS) is 1. The minimum Gasteiger partial charge on any atom is -0.481 e. The fraction of sp³-hybridized carbons (Fsp3) is 0.417. The van der Waals surface area contributed by atoms with Gasteiger partial charge in [0, 0.05) is 30.2 Å². The second kappa shape index (κ2) is 6.29. The Balaban J connectivity index is 2.38. The standard InChI is InChI=1S/C12H13F2NO4S2/c13-8-1-2-11(10(14)5-8)21(18,19)15-3-4-20-7-9(15)6-12(16)17/h1-2,5,9H,3-4,6-7H2,(H,16,17). The van der Waals surface area contributed by atoms with Crippen molar-refractivity contribution in [2.24, 2.45) is 0 Å². The number of rotatable bonds is 4. The summed E-state index contributed by atoms with van der Waals surface area (Å²) < 4.78 is 52.6. The molecule has 1 fully saturated rings. The van der Waals surface area contributed by atoms with E-state index in [4.69, 9.17) is 5.11 Å². The summed E-state index contributed by atoms with van der Waals surface area (Å²) in [7, 11) is -4.19. The lowest BCUT2D eigenvalue weighted by Gasteiger charge is -2.33. The number of carboxylic acids is 1. The average Bonchev–Trinajstić information content (AvgIpc) is 2.37. The maximum Gasteiger partial charge on any atom is 0.305 e. The molecule has 9 heteroatoms. The maximum absolute atomic E-state index is 13.7. The number of halogens is 2. The van der Waals surface area contributed by atoms with E-state index in [2.05, 4.69) is 0 Å². The molecule has 0 radical (unpaired) electrons. The molecule has 1 saturated heterocycles. The fourth-order valence-corrected chi connectivity index (χ4v) is 5.07. The molecule has 0 bridgehead atoms. The molecule has 0 amide bonds. The van der Waals surface area contributed by atoms with Gasteiger partial charge in [-0.1, -0.05) is 0 Å². The Morgan fingerprint density at radius 1 is 1.43 bits per heavy atom. The van der Waals surface area contributed by atoms with Gasteiger partial charge in [0.2, 0.25) is 10.0 Å². The van der Waals surface area contributed by atoms with Gasteiger partial charge in [0.25, 0.3) is 0 Å². The number of carbonyl (C=O) groups is 1. The van der Waals surface area contributed by atoms with Gasteiger partial charge in [-0.05, 0) is 12.1 Å². The number of aliphatic carboxylic acids is 1. The van der Waals surface area contributed by atoms with Crippen molar-refractivity contribution >= 4 is 27.8 Å². The van der Waals surface area contributed by atoms with E-state index in [1.807, 2.05) is 0 Å². The van der Waals surface area contributed by atoms with Crippen LogP contribution in [0, 0.1) is 11.6 Å². The molecule has 0 saturated carbocycles. The summed E-state index contributed by atoms with van der Waals surface area (Å²) in [5.74, 6) is -2.35. The van der Waals surface area contributed by atoms with E-state index in [0.717, 1.165) is 16.4 Å². The molecule has 1 unspecified atom stereocenters. The molecule has 5 nitrogen and oxygen atoms in total. The summed E-state index contributed by atoms with van der Waals surface area (Å²) in [6.45, 7) is 0.0990. The normalized spacial score (nSPS) is 20.4. The molecule has 0 spiro atoms. The first-order valence-electron chi connectivity index (χ1n) is 6.09. The first-order chi connectivity index (χ1) is 9.82. The third-order valence-corrected chi connectivity index (χ3v) is 6.14. The van der Waals surface area contributed by atoms with E-state index < -0.39 is 38.6 Å². The molecule has 1 aromatic carbocycles. The Hall–Kier alpha value is -1.19. The highest BCUT2D eigenvalue weighted by Gasteiger charge is 2.36. The van der Waals surface area contributed by atoms with Crippen molar-refractivity contribution in [3.8, 4) is 0 Å². The molecule has 2 rings (SSSR count). The van der Waals surface area contributed by atoms with Crippen molar-refractivity contribution < 1.29 is 27.1 Å². The van der Waals surface area contributed by atoms with Gasteiger partial charge < -0.3 is 5.11 Å². The van der Waals surface area contributed by atoms with Gasteiger partial charge in [-0.2, -0.15) is 16.1 Å². The SMILES string of the molecule is O=C(O)CC1CSCCN1S(=O)(=O)c1ccc(F)cc1F. The highest BCUT2D eigenvalue weighted by molar-refractivity contribution is 7.99. The largest absolute Gasteiger partial charge is 0.481 e. The van der Waals surface area contributed by atoms with E-state index in [-0.39, 0.29) is 13.0 Å². The molecule has 1 atom stereocenters. The van der Waals surface area contributed by atoms with Crippen LogP contribution in [0.2, 0.25) is 0 Å². The van der Waals surface area contributed by atoms with E-state index in [1.165, 1.54) is 11.8 Å². The van der Waals surface area contributed by atoms with Gasteiger partial charge in [-0.25, -0.2) is 17.2 Å². The first-order valence-corrected chi connectivity index (χ1v) is 8.68. The number of hydrogen-bond acceptors (Lipinski definition) is 4. The topological polar surface area (TPSA) is 74.7 Å². The molecule has 1 aliphatic rings. The molecule has 21 heavy (non-hydrogen) atoms. The minimum atomic E-state index is -4.19. The zero-order valence-electron chi connectivity index (χ0n) is 10.8. The van der Waals surface area contributed by atoms with Crippen molar-refractivity contribution in [2.75, 3.05) is 18.1 Å². The lowest BCUT2D eigenvalue weighted by molar-refractivity contribution is -0.137.